The van der Waals surface area contributed by atoms with E-state index in [0.29, 0.717) is 5.69 Å². The van der Waals surface area contributed by atoms with E-state index >= 15 is 0 Å². The van der Waals surface area contributed by atoms with Crippen molar-refractivity contribution >= 4 is 21.8 Å². The zero-order valence-corrected chi connectivity index (χ0v) is 12.5. The van der Waals surface area contributed by atoms with Gasteiger partial charge in [0.25, 0.3) is 5.91 Å². The Morgan fingerprint density at radius 3 is 2.26 bits per heavy atom. The molecule has 102 valence electrons. The molecule has 4 aliphatic carbocycles. The second-order valence-corrected chi connectivity index (χ2v) is 7.80. The van der Waals surface area contributed by atoms with Crippen molar-refractivity contribution in [1.82, 2.24) is 10.3 Å². The van der Waals surface area contributed by atoms with Gasteiger partial charge < -0.3 is 10.3 Å². The van der Waals surface area contributed by atoms with Crippen LogP contribution in [0.15, 0.2) is 16.7 Å². The molecule has 1 amide bonds. The molecule has 1 aromatic rings. The highest BCUT2D eigenvalue weighted by molar-refractivity contribution is 9.10. The molecule has 0 atom stereocenters. The standard InChI is InChI=1S/C15H19BrN2O/c16-12-4-13(17-8-12)14(19)18-15-5-9-1-10(6-15)3-11(2-9)7-15/h4,8-11,17H,1-3,5-7H2,(H,18,19). The maximum absolute atomic E-state index is 12.4. The Kier molecular flexibility index (Phi) is 2.60. The summed E-state index contributed by atoms with van der Waals surface area (Å²) in [6.07, 6.45) is 9.63. The van der Waals surface area contributed by atoms with Gasteiger partial charge in [0.1, 0.15) is 5.69 Å². The largest absolute Gasteiger partial charge is 0.356 e. The van der Waals surface area contributed by atoms with Crippen LogP contribution in [-0.2, 0) is 0 Å². The Morgan fingerprint density at radius 2 is 1.79 bits per heavy atom. The molecule has 4 heteroatoms. The van der Waals surface area contributed by atoms with Crippen LogP contribution >= 0.6 is 15.9 Å². The molecule has 1 aromatic heterocycles. The van der Waals surface area contributed by atoms with Crippen LogP contribution in [0, 0.1) is 17.8 Å². The minimum atomic E-state index is 0.0626. The smallest absolute Gasteiger partial charge is 0.268 e. The summed E-state index contributed by atoms with van der Waals surface area (Å²) in [5, 5.41) is 3.36. The fraction of sp³-hybridized carbons (Fsp3) is 0.667. The molecule has 0 unspecified atom stereocenters. The van der Waals surface area contributed by atoms with E-state index in [2.05, 4.69) is 26.2 Å². The Labute approximate surface area is 121 Å². The third-order valence-electron chi connectivity index (χ3n) is 5.31. The molecule has 0 spiro atoms. The van der Waals surface area contributed by atoms with E-state index in [4.69, 9.17) is 0 Å². The Bertz CT molecular complexity index is 487. The monoisotopic (exact) mass is 322 g/mol. The molecule has 1 heterocycles. The highest BCUT2D eigenvalue weighted by Gasteiger charge is 2.51. The molecule has 4 aliphatic rings. The highest BCUT2D eigenvalue weighted by Crippen LogP contribution is 2.55. The summed E-state index contributed by atoms with van der Waals surface area (Å²) in [4.78, 5) is 15.4. The zero-order valence-electron chi connectivity index (χ0n) is 10.9. The molecule has 5 rings (SSSR count). The number of aromatic amines is 1. The lowest BCUT2D eigenvalue weighted by Gasteiger charge is -2.56. The number of hydrogen-bond acceptors (Lipinski definition) is 1. The normalized spacial score (nSPS) is 39.5. The summed E-state index contributed by atoms with van der Waals surface area (Å²) >= 11 is 3.38. The van der Waals surface area contributed by atoms with Gasteiger partial charge in [0.05, 0.1) is 0 Å². The minimum absolute atomic E-state index is 0.0626. The second kappa shape index (κ2) is 4.11. The quantitative estimate of drug-likeness (QED) is 0.860. The van der Waals surface area contributed by atoms with E-state index in [1.54, 1.807) is 0 Å². The lowest BCUT2D eigenvalue weighted by Crippen LogP contribution is -2.59. The summed E-state index contributed by atoms with van der Waals surface area (Å²) in [6.45, 7) is 0. The number of rotatable bonds is 2. The van der Waals surface area contributed by atoms with Crippen molar-refractivity contribution in [3.8, 4) is 0 Å². The third-order valence-corrected chi connectivity index (χ3v) is 5.77. The molecule has 3 nitrogen and oxygen atoms in total. The second-order valence-electron chi connectivity index (χ2n) is 6.88. The number of H-pyrrole nitrogens is 1. The Morgan fingerprint density at radius 1 is 1.21 bits per heavy atom. The summed E-state index contributed by atoms with van der Waals surface area (Å²) in [7, 11) is 0. The summed E-state index contributed by atoms with van der Waals surface area (Å²) in [6, 6.07) is 1.86. The summed E-state index contributed by atoms with van der Waals surface area (Å²) < 4.78 is 0.933. The molecule has 2 N–H and O–H groups in total. The summed E-state index contributed by atoms with van der Waals surface area (Å²) in [5.74, 6) is 2.65. The van der Waals surface area contributed by atoms with Crippen LogP contribution in [0.1, 0.15) is 49.0 Å². The van der Waals surface area contributed by atoms with E-state index in [-0.39, 0.29) is 11.4 Å². The third kappa shape index (κ3) is 2.04. The molecule has 4 fully saturated rings. The van der Waals surface area contributed by atoms with Crippen molar-refractivity contribution in [1.29, 1.82) is 0 Å². The predicted molar refractivity (Wildman–Crippen MR) is 76.9 cm³/mol. The maximum Gasteiger partial charge on any atom is 0.268 e. The van der Waals surface area contributed by atoms with E-state index < -0.39 is 0 Å². The average Bonchev–Trinajstić information content (AvgIpc) is 2.73. The Balaban J connectivity index is 1.54. The lowest BCUT2D eigenvalue weighted by molar-refractivity contribution is -0.0167. The fourth-order valence-corrected chi connectivity index (χ4v) is 5.41. The average molecular weight is 323 g/mol. The molecule has 4 bridgehead atoms. The van der Waals surface area contributed by atoms with E-state index in [0.717, 1.165) is 22.2 Å². The topological polar surface area (TPSA) is 44.9 Å². The molecule has 0 aromatic carbocycles. The van der Waals surface area contributed by atoms with Crippen molar-refractivity contribution in [3.63, 3.8) is 0 Å². The first-order valence-corrected chi connectivity index (χ1v) is 8.08. The van der Waals surface area contributed by atoms with Crippen molar-refractivity contribution in [2.45, 2.75) is 44.1 Å². The molecular formula is C15H19BrN2O. The Hall–Kier alpha value is -0.770. The van der Waals surface area contributed by atoms with Crippen molar-refractivity contribution < 1.29 is 4.79 Å². The van der Waals surface area contributed by atoms with Crippen LogP contribution in [0.2, 0.25) is 0 Å². The first-order chi connectivity index (χ1) is 9.12. The fourth-order valence-electron chi connectivity index (χ4n) is 5.07. The number of nitrogens with one attached hydrogen (secondary N) is 2. The first-order valence-electron chi connectivity index (χ1n) is 7.28. The number of carbonyl (C=O) groups is 1. The number of aromatic nitrogens is 1. The van der Waals surface area contributed by atoms with Gasteiger partial charge in [0, 0.05) is 16.2 Å². The van der Waals surface area contributed by atoms with Crippen molar-refractivity contribution in [3.05, 3.63) is 22.4 Å². The minimum Gasteiger partial charge on any atom is -0.356 e. The summed E-state index contributed by atoms with van der Waals surface area (Å²) in [5.41, 5.74) is 0.770. The first kappa shape index (κ1) is 12.0. The van der Waals surface area contributed by atoms with E-state index in [9.17, 15) is 4.79 Å². The number of carbonyl (C=O) groups excluding carboxylic acids is 1. The highest BCUT2D eigenvalue weighted by atomic mass is 79.9. The predicted octanol–water partition coefficient (Wildman–Crippen LogP) is 3.48. The number of halogens is 1. The number of hydrogen-bond donors (Lipinski definition) is 2. The van der Waals surface area contributed by atoms with Gasteiger partial charge in [0.15, 0.2) is 0 Å². The van der Waals surface area contributed by atoms with Gasteiger partial charge in [-0.25, -0.2) is 0 Å². The van der Waals surface area contributed by atoms with Crippen LogP contribution in [-0.4, -0.2) is 16.4 Å². The van der Waals surface area contributed by atoms with Gasteiger partial charge >= 0.3 is 0 Å². The van der Waals surface area contributed by atoms with Gasteiger partial charge in [-0.2, -0.15) is 0 Å². The van der Waals surface area contributed by atoms with Crippen molar-refractivity contribution in [2.24, 2.45) is 17.8 Å². The van der Waals surface area contributed by atoms with Gasteiger partial charge in [-0.15, -0.1) is 0 Å². The number of amides is 1. The van der Waals surface area contributed by atoms with Crippen molar-refractivity contribution in [2.75, 3.05) is 0 Å². The molecule has 0 aliphatic heterocycles. The zero-order chi connectivity index (χ0) is 13.0. The van der Waals surface area contributed by atoms with Crippen LogP contribution in [0.25, 0.3) is 0 Å². The lowest BCUT2D eigenvalue weighted by atomic mass is 9.53. The molecule has 0 radical (unpaired) electrons. The molecule has 19 heavy (non-hydrogen) atoms. The van der Waals surface area contributed by atoms with E-state index in [1.165, 1.54) is 38.5 Å². The van der Waals surface area contributed by atoms with Gasteiger partial charge in [-0.3, -0.25) is 4.79 Å². The van der Waals surface area contributed by atoms with Crippen LogP contribution < -0.4 is 5.32 Å². The van der Waals surface area contributed by atoms with Crippen LogP contribution in [0.3, 0.4) is 0 Å². The molecule has 0 saturated heterocycles. The molecular weight excluding hydrogens is 304 g/mol. The van der Waals surface area contributed by atoms with Gasteiger partial charge in [-0.05, 0) is 78.3 Å². The SMILES string of the molecule is O=C(NC12CC3CC(CC(C3)C1)C2)c1cc(Br)c[nH]1. The maximum atomic E-state index is 12.4. The van der Waals surface area contributed by atoms with Crippen LogP contribution in [0.5, 0.6) is 0 Å². The molecule has 4 saturated carbocycles. The van der Waals surface area contributed by atoms with Gasteiger partial charge in [-0.1, -0.05) is 0 Å². The van der Waals surface area contributed by atoms with Crippen LogP contribution in [0.4, 0.5) is 0 Å². The van der Waals surface area contributed by atoms with Gasteiger partial charge in [0.2, 0.25) is 0 Å². The van der Waals surface area contributed by atoms with E-state index in [1.807, 2.05) is 12.3 Å².